The average Bonchev–Trinajstić information content (AvgIpc) is 2.55. The first-order valence-electron chi connectivity index (χ1n) is 7.00. The lowest BCUT2D eigenvalue weighted by molar-refractivity contribution is -0.0498. The van der Waals surface area contributed by atoms with E-state index in [1.165, 1.54) is 36.5 Å². The fourth-order valence-corrected chi connectivity index (χ4v) is 2.94. The number of alkyl halides is 2. The Balaban J connectivity index is 2.26. The SMILES string of the molecule is CS(=O)(=O)c1ncc2cc(Cl)c(=O)n(-c3ccc(OC(F)F)cc3)c2n1. The Hall–Kier alpha value is -2.59. The summed E-state index contributed by atoms with van der Waals surface area (Å²) in [5.41, 5.74) is -0.403. The van der Waals surface area contributed by atoms with Crippen LogP contribution in [0.2, 0.25) is 5.02 Å². The van der Waals surface area contributed by atoms with Crippen molar-refractivity contribution >= 4 is 32.5 Å². The van der Waals surface area contributed by atoms with Gasteiger partial charge in [-0.2, -0.15) is 13.8 Å². The number of nitrogens with zero attached hydrogens (tertiary/aromatic N) is 3. The molecule has 0 saturated carbocycles. The van der Waals surface area contributed by atoms with Crippen molar-refractivity contribution in [2.24, 2.45) is 0 Å². The zero-order chi connectivity index (χ0) is 19.1. The molecule has 7 nitrogen and oxygen atoms in total. The molecule has 0 unspecified atom stereocenters. The van der Waals surface area contributed by atoms with Crippen molar-refractivity contribution in [1.29, 1.82) is 0 Å². The lowest BCUT2D eigenvalue weighted by atomic mass is 10.2. The van der Waals surface area contributed by atoms with E-state index in [1.807, 2.05) is 0 Å². The lowest BCUT2D eigenvalue weighted by Gasteiger charge is -2.12. The molecule has 0 saturated heterocycles. The van der Waals surface area contributed by atoms with E-state index in [-0.39, 0.29) is 22.1 Å². The van der Waals surface area contributed by atoms with Gasteiger partial charge in [0, 0.05) is 17.8 Å². The summed E-state index contributed by atoms with van der Waals surface area (Å²) in [6.07, 6.45) is 2.16. The van der Waals surface area contributed by atoms with E-state index in [2.05, 4.69) is 14.7 Å². The highest BCUT2D eigenvalue weighted by Gasteiger charge is 2.17. The van der Waals surface area contributed by atoms with Crippen molar-refractivity contribution < 1.29 is 21.9 Å². The van der Waals surface area contributed by atoms with Gasteiger partial charge >= 0.3 is 6.61 Å². The van der Waals surface area contributed by atoms with Gasteiger partial charge in [-0.25, -0.2) is 13.4 Å². The molecule has 1 aromatic carbocycles. The molecule has 0 aliphatic heterocycles. The van der Waals surface area contributed by atoms with Crippen LogP contribution in [0.5, 0.6) is 5.75 Å². The van der Waals surface area contributed by atoms with E-state index >= 15 is 0 Å². The average molecular weight is 402 g/mol. The third-order valence-corrected chi connectivity index (χ3v) is 4.46. The minimum Gasteiger partial charge on any atom is -0.435 e. The third-order valence-electron chi connectivity index (χ3n) is 3.33. The maximum Gasteiger partial charge on any atom is 0.387 e. The van der Waals surface area contributed by atoms with Gasteiger partial charge in [-0.15, -0.1) is 0 Å². The Morgan fingerprint density at radius 3 is 2.46 bits per heavy atom. The molecule has 0 aliphatic carbocycles. The number of hydrogen-bond donors (Lipinski definition) is 0. The summed E-state index contributed by atoms with van der Waals surface area (Å²) in [6.45, 7) is -2.99. The molecule has 3 aromatic rings. The Bertz CT molecular complexity index is 1150. The first-order valence-corrected chi connectivity index (χ1v) is 9.27. The zero-order valence-electron chi connectivity index (χ0n) is 13.1. The van der Waals surface area contributed by atoms with E-state index < -0.39 is 27.2 Å². The van der Waals surface area contributed by atoms with Crippen LogP contribution in [0.25, 0.3) is 16.7 Å². The number of fused-ring (bicyclic) bond motifs is 1. The summed E-state index contributed by atoms with van der Waals surface area (Å²) in [5.74, 6) is -0.102. The van der Waals surface area contributed by atoms with Gasteiger partial charge in [0.2, 0.25) is 15.0 Å². The van der Waals surface area contributed by atoms with Crippen molar-refractivity contribution in [3.63, 3.8) is 0 Å². The van der Waals surface area contributed by atoms with Crippen molar-refractivity contribution in [2.75, 3.05) is 6.26 Å². The van der Waals surface area contributed by atoms with E-state index in [9.17, 15) is 22.0 Å². The van der Waals surface area contributed by atoms with Crippen molar-refractivity contribution in [3.05, 3.63) is 51.9 Å². The minimum atomic E-state index is -3.71. The number of hydrogen-bond acceptors (Lipinski definition) is 6. The van der Waals surface area contributed by atoms with Crippen LogP contribution < -0.4 is 10.3 Å². The molecule has 0 spiro atoms. The van der Waals surface area contributed by atoms with Gasteiger partial charge in [-0.3, -0.25) is 9.36 Å². The van der Waals surface area contributed by atoms with Gasteiger partial charge in [0.25, 0.3) is 5.56 Å². The van der Waals surface area contributed by atoms with E-state index in [4.69, 9.17) is 11.6 Å². The molecule has 3 rings (SSSR count). The maximum absolute atomic E-state index is 12.5. The molecular weight excluding hydrogens is 392 g/mol. The van der Waals surface area contributed by atoms with E-state index in [1.54, 1.807) is 0 Å². The monoisotopic (exact) mass is 401 g/mol. The van der Waals surface area contributed by atoms with Gasteiger partial charge in [0.05, 0.1) is 5.69 Å². The van der Waals surface area contributed by atoms with Crippen molar-refractivity contribution in [1.82, 2.24) is 14.5 Å². The largest absolute Gasteiger partial charge is 0.435 e. The zero-order valence-corrected chi connectivity index (χ0v) is 14.6. The second kappa shape index (κ2) is 6.61. The molecule has 0 fully saturated rings. The number of sulfone groups is 1. The van der Waals surface area contributed by atoms with Crippen molar-refractivity contribution in [2.45, 2.75) is 11.8 Å². The highest BCUT2D eigenvalue weighted by atomic mass is 35.5. The molecule has 0 aliphatic rings. The molecule has 0 bridgehead atoms. The van der Waals surface area contributed by atoms with Crippen LogP contribution in [-0.4, -0.2) is 35.8 Å². The fourth-order valence-electron chi connectivity index (χ4n) is 2.24. The fraction of sp³-hybridized carbons (Fsp3) is 0.133. The molecule has 0 atom stereocenters. The third kappa shape index (κ3) is 3.51. The number of rotatable bonds is 4. The first-order chi connectivity index (χ1) is 12.2. The number of benzene rings is 1. The predicted molar refractivity (Wildman–Crippen MR) is 89.9 cm³/mol. The normalized spacial score (nSPS) is 11.9. The quantitative estimate of drug-likeness (QED) is 0.623. The van der Waals surface area contributed by atoms with E-state index in [0.29, 0.717) is 5.39 Å². The number of pyridine rings is 1. The molecule has 2 heterocycles. The van der Waals surface area contributed by atoms with Gasteiger partial charge in [-0.1, -0.05) is 11.6 Å². The Morgan fingerprint density at radius 2 is 1.88 bits per heavy atom. The van der Waals surface area contributed by atoms with E-state index in [0.717, 1.165) is 10.8 Å². The van der Waals surface area contributed by atoms with Crippen molar-refractivity contribution in [3.8, 4) is 11.4 Å². The minimum absolute atomic E-state index is 0.0114. The Morgan fingerprint density at radius 1 is 1.23 bits per heavy atom. The van der Waals surface area contributed by atoms with Gasteiger partial charge in [-0.05, 0) is 30.3 Å². The Kier molecular flexibility index (Phi) is 4.63. The molecular formula is C15H10ClF2N3O4S. The predicted octanol–water partition coefficient (Wildman–Crippen LogP) is 2.44. The van der Waals surface area contributed by atoms with Crippen LogP contribution >= 0.6 is 11.6 Å². The molecule has 2 aromatic heterocycles. The number of ether oxygens (including phenoxy) is 1. The number of halogens is 3. The van der Waals surface area contributed by atoms with Crippen LogP contribution in [0.15, 0.2) is 46.5 Å². The number of aromatic nitrogens is 3. The summed E-state index contributed by atoms with van der Waals surface area (Å²) < 4.78 is 53.2. The van der Waals surface area contributed by atoms with Crippen LogP contribution in [0.1, 0.15) is 0 Å². The summed E-state index contributed by atoms with van der Waals surface area (Å²) in [7, 11) is -3.71. The van der Waals surface area contributed by atoms with Gasteiger partial charge in [0.1, 0.15) is 10.8 Å². The lowest BCUT2D eigenvalue weighted by Crippen LogP contribution is -2.21. The molecule has 0 N–H and O–H groups in total. The highest BCUT2D eigenvalue weighted by molar-refractivity contribution is 7.90. The standard InChI is InChI=1S/C15H10ClF2N3O4S/c1-26(23,24)15-19-7-8-6-11(16)13(22)21(12(8)20-15)9-2-4-10(5-3-9)25-14(17)18/h2-7,14H,1H3. The smallest absolute Gasteiger partial charge is 0.387 e. The van der Waals surface area contributed by atoms with Crippen LogP contribution in [0.3, 0.4) is 0 Å². The van der Waals surface area contributed by atoms with Gasteiger partial charge in [0.15, 0.2) is 5.65 Å². The topological polar surface area (TPSA) is 91.2 Å². The second-order valence-corrected chi connectivity index (χ2v) is 7.53. The molecule has 11 heteroatoms. The first kappa shape index (κ1) is 18.2. The van der Waals surface area contributed by atoms with Gasteiger partial charge < -0.3 is 4.74 Å². The maximum atomic E-state index is 12.5. The Labute approximate surface area is 150 Å². The highest BCUT2D eigenvalue weighted by Crippen LogP contribution is 2.21. The second-order valence-electron chi connectivity index (χ2n) is 5.21. The summed E-state index contributed by atoms with van der Waals surface area (Å²) in [5, 5.41) is -0.269. The molecule has 136 valence electrons. The summed E-state index contributed by atoms with van der Waals surface area (Å²) in [6, 6.07) is 6.48. The molecule has 0 radical (unpaired) electrons. The molecule has 26 heavy (non-hydrogen) atoms. The summed E-state index contributed by atoms with van der Waals surface area (Å²) >= 11 is 5.94. The molecule has 0 amide bonds. The summed E-state index contributed by atoms with van der Waals surface area (Å²) in [4.78, 5) is 20.2. The van der Waals surface area contributed by atoms with Crippen LogP contribution in [0, 0.1) is 0 Å². The van der Waals surface area contributed by atoms with Crippen LogP contribution in [0.4, 0.5) is 8.78 Å². The van der Waals surface area contributed by atoms with Crippen LogP contribution in [-0.2, 0) is 9.84 Å².